The molecule has 0 aromatic heterocycles. The first-order valence-electron chi connectivity index (χ1n) is 17.2. The fraction of sp³-hybridized carbons (Fsp3) is 0.833. The van der Waals surface area contributed by atoms with Gasteiger partial charge in [-0.05, 0) is 77.0 Å². The van der Waals surface area contributed by atoms with Crippen molar-refractivity contribution in [3.63, 3.8) is 0 Å². The summed E-state index contributed by atoms with van der Waals surface area (Å²) in [5.74, 6) is 0. The topological polar surface area (TPSA) is 24.7 Å². The summed E-state index contributed by atoms with van der Waals surface area (Å²) in [5.41, 5.74) is 0. The molecule has 0 N–H and O–H groups in total. The van der Waals surface area contributed by atoms with Gasteiger partial charge in [-0.2, -0.15) is 10.2 Å². The second-order valence-corrected chi connectivity index (χ2v) is 11.3. The van der Waals surface area contributed by atoms with E-state index in [1.165, 1.54) is 167 Å². The predicted molar refractivity (Wildman–Crippen MR) is 176 cm³/mol. The molecule has 2 heteroatoms. The molecule has 0 amide bonds. The van der Waals surface area contributed by atoms with Crippen molar-refractivity contribution < 1.29 is 0 Å². The van der Waals surface area contributed by atoms with E-state index in [9.17, 15) is 0 Å². The molecule has 0 bridgehead atoms. The van der Waals surface area contributed by atoms with Crippen LogP contribution in [0.3, 0.4) is 0 Å². The van der Waals surface area contributed by atoms with Crippen molar-refractivity contribution in [1.82, 2.24) is 0 Å². The molecule has 0 aliphatic rings. The molecule has 0 spiro atoms. The summed E-state index contributed by atoms with van der Waals surface area (Å²) in [5, 5.41) is 8.42. The quantitative estimate of drug-likeness (QED) is 0.0370. The number of nitrogens with zero attached hydrogens (tertiary/aromatic N) is 2. The number of allylic oxidation sites excluding steroid dienone is 4. The normalized spacial score (nSPS) is 12.4. The van der Waals surface area contributed by atoms with Crippen LogP contribution in [0.5, 0.6) is 0 Å². The highest BCUT2D eigenvalue weighted by molar-refractivity contribution is 5.61. The number of rotatable bonds is 31. The maximum atomic E-state index is 4.21. The highest BCUT2D eigenvalue weighted by Crippen LogP contribution is 2.11. The summed E-state index contributed by atoms with van der Waals surface area (Å²) in [6.07, 6.45) is 51.0. The van der Waals surface area contributed by atoms with E-state index in [4.69, 9.17) is 0 Å². The zero-order chi connectivity index (χ0) is 27.5. The van der Waals surface area contributed by atoms with E-state index in [1.807, 2.05) is 12.4 Å². The molecule has 0 aliphatic heterocycles. The molecule has 0 saturated carbocycles. The molecule has 0 atom stereocenters. The van der Waals surface area contributed by atoms with Gasteiger partial charge < -0.3 is 0 Å². The van der Waals surface area contributed by atoms with Crippen LogP contribution >= 0.6 is 0 Å². The van der Waals surface area contributed by atoms with E-state index >= 15 is 0 Å². The minimum absolute atomic E-state index is 1.07. The lowest BCUT2D eigenvalue weighted by Gasteiger charge is -1.99. The molecular formula is C36H68N2. The van der Waals surface area contributed by atoms with Crippen LogP contribution in [0, 0.1) is 0 Å². The standard InChI is InChI=1S/C36H68N2/c1-3-5-7-9-11-13-15-17-19-21-23-25-27-29-31-33-35-37-38-36-34-32-30-28-26-24-22-20-18-16-14-12-10-8-6-4-2/h17-20,35-36H,3-16,21-34H2,1-2H3/b19-17-,20-18-,37-35+,38-36+. The van der Waals surface area contributed by atoms with Gasteiger partial charge in [0.1, 0.15) is 0 Å². The second-order valence-electron chi connectivity index (χ2n) is 11.3. The molecular weight excluding hydrogens is 460 g/mol. The average Bonchev–Trinajstić information content (AvgIpc) is 2.93. The van der Waals surface area contributed by atoms with Crippen molar-refractivity contribution in [3.05, 3.63) is 24.3 Å². The smallest absolute Gasteiger partial charge is 0.0270 e. The van der Waals surface area contributed by atoms with Crippen molar-refractivity contribution in [2.24, 2.45) is 10.2 Å². The van der Waals surface area contributed by atoms with Crippen molar-refractivity contribution in [1.29, 1.82) is 0 Å². The van der Waals surface area contributed by atoms with Crippen LogP contribution in [0.1, 0.15) is 194 Å². The van der Waals surface area contributed by atoms with Gasteiger partial charge in [0.2, 0.25) is 0 Å². The minimum atomic E-state index is 1.07. The molecule has 0 fully saturated rings. The van der Waals surface area contributed by atoms with Crippen molar-refractivity contribution in [2.75, 3.05) is 0 Å². The van der Waals surface area contributed by atoms with Gasteiger partial charge in [0.25, 0.3) is 0 Å². The van der Waals surface area contributed by atoms with Crippen molar-refractivity contribution in [2.45, 2.75) is 194 Å². The molecule has 0 radical (unpaired) electrons. The van der Waals surface area contributed by atoms with E-state index in [0.717, 1.165) is 12.8 Å². The lowest BCUT2D eigenvalue weighted by Crippen LogP contribution is -1.82. The molecule has 0 aliphatic carbocycles. The SMILES string of the molecule is CCCCCCCC/C=C\CCCCCCC/C=N/N=C/CCCCCCC/C=C\CCCCCCCC. The highest BCUT2D eigenvalue weighted by atomic mass is 15.2. The van der Waals surface area contributed by atoms with Gasteiger partial charge in [0, 0.05) is 12.4 Å². The van der Waals surface area contributed by atoms with Gasteiger partial charge in [-0.1, -0.05) is 141 Å². The Kier molecular flexibility index (Phi) is 34.7. The van der Waals surface area contributed by atoms with Gasteiger partial charge >= 0.3 is 0 Å². The van der Waals surface area contributed by atoms with Crippen LogP contribution in [0.15, 0.2) is 34.5 Å². The summed E-state index contributed by atoms with van der Waals surface area (Å²) in [6, 6.07) is 0. The lowest BCUT2D eigenvalue weighted by atomic mass is 10.1. The Morgan fingerprint density at radius 2 is 0.526 bits per heavy atom. The summed E-state index contributed by atoms with van der Waals surface area (Å²) in [4.78, 5) is 0. The maximum absolute atomic E-state index is 4.21. The largest absolute Gasteiger partial charge is 0.164 e. The first-order chi connectivity index (χ1) is 18.9. The Balaban J connectivity index is 3.24. The summed E-state index contributed by atoms with van der Waals surface area (Å²) in [6.45, 7) is 4.57. The van der Waals surface area contributed by atoms with Crippen LogP contribution < -0.4 is 0 Å². The van der Waals surface area contributed by atoms with Crippen LogP contribution in [-0.2, 0) is 0 Å². The van der Waals surface area contributed by atoms with Crippen LogP contribution in [0.25, 0.3) is 0 Å². The summed E-state index contributed by atoms with van der Waals surface area (Å²) < 4.78 is 0. The fourth-order valence-corrected chi connectivity index (χ4v) is 4.82. The van der Waals surface area contributed by atoms with Crippen molar-refractivity contribution in [3.8, 4) is 0 Å². The number of unbranched alkanes of at least 4 members (excludes halogenated alkanes) is 24. The lowest BCUT2D eigenvalue weighted by molar-refractivity contribution is 0.610. The highest BCUT2D eigenvalue weighted by Gasteiger charge is 1.92. The Labute approximate surface area is 240 Å². The third kappa shape index (κ3) is 34.8. The van der Waals surface area contributed by atoms with E-state index in [-0.39, 0.29) is 0 Å². The Morgan fingerprint density at radius 3 is 0.816 bits per heavy atom. The van der Waals surface area contributed by atoms with E-state index < -0.39 is 0 Å². The second kappa shape index (κ2) is 35.8. The van der Waals surface area contributed by atoms with Gasteiger partial charge in [0.15, 0.2) is 0 Å². The molecule has 2 nitrogen and oxygen atoms in total. The number of hydrogen-bond donors (Lipinski definition) is 0. The molecule has 222 valence electrons. The summed E-state index contributed by atoms with van der Waals surface area (Å²) >= 11 is 0. The van der Waals surface area contributed by atoms with Crippen LogP contribution in [0.4, 0.5) is 0 Å². The number of hydrogen-bond acceptors (Lipinski definition) is 2. The van der Waals surface area contributed by atoms with Gasteiger partial charge in [-0.25, -0.2) is 0 Å². The molecule has 0 heterocycles. The third-order valence-electron chi connectivity index (χ3n) is 7.42. The Morgan fingerprint density at radius 1 is 0.289 bits per heavy atom. The molecule has 0 aromatic rings. The minimum Gasteiger partial charge on any atom is -0.164 e. The molecule has 0 rings (SSSR count). The monoisotopic (exact) mass is 529 g/mol. The Hall–Kier alpha value is -1.18. The van der Waals surface area contributed by atoms with E-state index in [1.54, 1.807) is 0 Å². The zero-order valence-corrected chi connectivity index (χ0v) is 26.2. The third-order valence-corrected chi connectivity index (χ3v) is 7.42. The Bertz CT molecular complexity index is 483. The van der Waals surface area contributed by atoms with Gasteiger partial charge in [-0.3, -0.25) is 0 Å². The van der Waals surface area contributed by atoms with E-state index in [2.05, 4.69) is 48.4 Å². The van der Waals surface area contributed by atoms with Crippen LogP contribution in [0.2, 0.25) is 0 Å². The maximum Gasteiger partial charge on any atom is 0.0270 e. The fourth-order valence-electron chi connectivity index (χ4n) is 4.82. The zero-order valence-electron chi connectivity index (χ0n) is 26.2. The van der Waals surface area contributed by atoms with Crippen LogP contribution in [-0.4, -0.2) is 12.4 Å². The average molecular weight is 529 g/mol. The van der Waals surface area contributed by atoms with E-state index in [0.29, 0.717) is 0 Å². The van der Waals surface area contributed by atoms with Gasteiger partial charge in [0.05, 0.1) is 0 Å². The molecule has 0 aromatic carbocycles. The molecule has 0 unspecified atom stereocenters. The van der Waals surface area contributed by atoms with Crippen molar-refractivity contribution >= 4 is 12.4 Å². The van der Waals surface area contributed by atoms with Gasteiger partial charge in [-0.15, -0.1) is 0 Å². The first kappa shape index (κ1) is 36.8. The first-order valence-corrected chi connectivity index (χ1v) is 17.2. The summed E-state index contributed by atoms with van der Waals surface area (Å²) in [7, 11) is 0. The molecule has 38 heavy (non-hydrogen) atoms. The molecule has 0 saturated heterocycles. The predicted octanol–water partition coefficient (Wildman–Crippen LogP) is 13.1.